The van der Waals surface area contributed by atoms with E-state index >= 15 is 0 Å². The van der Waals surface area contributed by atoms with Gasteiger partial charge in [0.25, 0.3) is 0 Å². The third-order valence-corrected chi connectivity index (χ3v) is 5.69. The van der Waals surface area contributed by atoms with Crippen molar-refractivity contribution in [1.82, 2.24) is 15.2 Å². The first-order chi connectivity index (χ1) is 13.0. The Hall–Kier alpha value is -2.15. The summed E-state index contributed by atoms with van der Waals surface area (Å²) in [4.78, 5) is 18.8. The largest absolute Gasteiger partial charge is 0.492 e. The first-order valence-corrected chi connectivity index (χ1v) is 9.93. The number of ether oxygens (including phenoxy) is 1. The molecule has 3 rings (SSSR count). The summed E-state index contributed by atoms with van der Waals surface area (Å²) >= 11 is 7.50. The molecule has 1 N–H and O–H groups in total. The minimum absolute atomic E-state index is 0.0369. The number of carbonyl (C=O) groups excluding carboxylic acids is 1. The Kier molecular flexibility index (Phi) is 6.66. The quantitative estimate of drug-likeness (QED) is 0.574. The normalized spacial score (nSPS) is 12.3. The average molecular weight is 404 g/mol. The van der Waals surface area contributed by atoms with Crippen LogP contribution in [0.4, 0.5) is 0 Å². The van der Waals surface area contributed by atoms with Gasteiger partial charge in [-0.1, -0.05) is 23.7 Å². The van der Waals surface area contributed by atoms with Crippen molar-refractivity contribution in [2.45, 2.75) is 13.0 Å². The molecular formula is C20H22ClN3O2S. The van der Waals surface area contributed by atoms with Crippen LogP contribution in [0.5, 0.6) is 5.75 Å². The van der Waals surface area contributed by atoms with Crippen LogP contribution in [0.1, 0.15) is 18.0 Å². The molecule has 0 radical (unpaired) electrons. The van der Waals surface area contributed by atoms with Gasteiger partial charge in [-0.25, -0.2) is 4.98 Å². The maximum absolute atomic E-state index is 12.2. The van der Waals surface area contributed by atoms with Crippen molar-refractivity contribution < 1.29 is 9.53 Å². The van der Waals surface area contributed by atoms with E-state index in [-0.39, 0.29) is 11.9 Å². The number of likely N-dealkylation sites (N-methyl/N-ethyl adjacent to an activating group) is 1. The van der Waals surface area contributed by atoms with Crippen LogP contribution in [0.25, 0.3) is 10.2 Å². The van der Waals surface area contributed by atoms with Crippen molar-refractivity contribution in [1.29, 1.82) is 0 Å². The Morgan fingerprint density at radius 2 is 2.00 bits per heavy atom. The van der Waals surface area contributed by atoms with E-state index in [1.807, 2.05) is 30.1 Å². The van der Waals surface area contributed by atoms with Gasteiger partial charge in [-0.15, -0.1) is 11.3 Å². The van der Waals surface area contributed by atoms with Gasteiger partial charge in [0.05, 0.1) is 29.3 Å². The molecule has 1 heterocycles. The second-order valence-corrected chi connectivity index (χ2v) is 7.76. The summed E-state index contributed by atoms with van der Waals surface area (Å²) in [6.07, 6.45) is 0. The molecule has 0 aliphatic heterocycles. The summed E-state index contributed by atoms with van der Waals surface area (Å²) in [6.45, 7) is 3.22. The van der Waals surface area contributed by atoms with Crippen molar-refractivity contribution in [3.63, 3.8) is 0 Å². The molecule has 0 unspecified atom stereocenters. The number of para-hydroxylation sites is 1. The topological polar surface area (TPSA) is 54.5 Å². The highest BCUT2D eigenvalue weighted by molar-refractivity contribution is 7.18. The van der Waals surface area contributed by atoms with Crippen molar-refractivity contribution in [2.75, 3.05) is 26.7 Å². The number of nitrogens with one attached hydrogen (secondary N) is 1. The maximum Gasteiger partial charge on any atom is 0.234 e. The number of halogens is 1. The number of benzene rings is 2. The highest BCUT2D eigenvalue weighted by Gasteiger charge is 2.18. The van der Waals surface area contributed by atoms with Crippen LogP contribution in [0, 0.1) is 0 Å². The van der Waals surface area contributed by atoms with Gasteiger partial charge in [-0.05, 0) is 50.4 Å². The van der Waals surface area contributed by atoms with Crippen LogP contribution in [-0.2, 0) is 4.79 Å². The number of aromatic nitrogens is 1. The van der Waals surface area contributed by atoms with Gasteiger partial charge < -0.3 is 10.1 Å². The number of carbonyl (C=O) groups is 1. The van der Waals surface area contributed by atoms with Gasteiger partial charge in [0.2, 0.25) is 5.91 Å². The first-order valence-electron chi connectivity index (χ1n) is 8.73. The summed E-state index contributed by atoms with van der Waals surface area (Å²) in [5, 5.41) is 4.56. The molecule has 0 saturated carbocycles. The third kappa shape index (κ3) is 5.42. The van der Waals surface area contributed by atoms with Gasteiger partial charge in [-0.3, -0.25) is 9.69 Å². The maximum atomic E-state index is 12.2. The second kappa shape index (κ2) is 9.17. The predicted octanol–water partition coefficient (Wildman–Crippen LogP) is 4.14. The summed E-state index contributed by atoms with van der Waals surface area (Å²) in [5.41, 5.74) is 1.00. The van der Waals surface area contributed by atoms with E-state index in [4.69, 9.17) is 16.3 Å². The fourth-order valence-corrected chi connectivity index (χ4v) is 3.78. The van der Waals surface area contributed by atoms with Gasteiger partial charge in [0.15, 0.2) is 0 Å². The second-order valence-electron chi connectivity index (χ2n) is 6.26. The van der Waals surface area contributed by atoms with E-state index in [1.54, 1.807) is 35.6 Å². The number of nitrogens with zero attached hydrogens (tertiary/aromatic N) is 2. The lowest BCUT2D eigenvalue weighted by atomic mass is 10.3. The molecule has 0 aliphatic rings. The number of rotatable bonds is 8. The molecule has 142 valence electrons. The molecule has 1 aromatic heterocycles. The molecule has 0 saturated heterocycles. The molecule has 0 bridgehead atoms. The molecule has 0 aliphatic carbocycles. The fourth-order valence-electron chi connectivity index (χ4n) is 2.57. The standard InChI is InChI=1S/C20H22ClN3O2S/c1-14(20-23-17-5-3-4-6-18(17)27-20)24(2)13-19(25)22-11-12-26-16-9-7-15(21)8-10-16/h3-10,14H,11-13H2,1-2H3,(H,22,25)/t14-/m1/s1. The number of amides is 1. The lowest BCUT2D eigenvalue weighted by Gasteiger charge is -2.22. The van der Waals surface area contributed by atoms with Crippen LogP contribution in [-0.4, -0.2) is 42.5 Å². The molecule has 5 nitrogen and oxygen atoms in total. The van der Waals surface area contributed by atoms with E-state index < -0.39 is 0 Å². The summed E-state index contributed by atoms with van der Waals surface area (Å²) in [5.74, 6) is 0.695. The monoisotopic (exact) mass is 403 g/mol. The van der Waals surface area contributed by atoms with Gasteiger partial charge in [0.1, 0.15) is 17.4 Å². The lowest BCUT2D eigenvalue weighted by Crippen LogP contribution is -2.38. The SMILES string of the molecule is C[C@H](c1nc2ccccc2s1)N(C)CC(=O)NCCOc1ccc(Cl)cc1. The smallest absolute Gasteiger partial charge is 0.234 e. The molecule has 1 atom stereocenters. The molecule has 0 fully saturated rings. The fraction of sp³-hybridized carbons (Fsp3) is 0.300. The zero-order valence-corrected chi connectivity index (χ0v) is 16.9. The summed E-state index contributed by atoms with van der Waals surface area (Å²) in [7, 11) is 1.93. The highest BCUT2D eigenvalue weighted by Crippen LogP contribution is 2.28. The summed E-state index contributed by atoms with van der Waals surface area (Å²) in [6, 6.07) is 15.3. The average Bonchev–Trinajstić information content (AvgIpc) is 3.10. The van der Waals surface area contributed by atoms with Gasteiger partial charge in [0, 0.05) is 5.02 Å². The Morgan fingerprint density at radius 1 is 1.26 bits per heavy atom. The zero-order valence-electron chi connectivity index (χ0n) is 15.3. The molecule has 1 amide bonds. The number of thiazole rings is 1. The first kappa shape index (κ1) is 19.6. The van der Waals surface area contributed by atoms with Gasteiger partial charge >= 0.3 is 0 Å². The minimum Gasteiger partial charge on any atom is -0.492 e. The molecule has 2 aromatic carbocycles. The Labute approximate surface area is 167 Å². The van der Waals surface area contributed by atoms with Crippen LogP contribution >= 0.6 is 22.9 Å². The summed E-state index contributed by atoms with van der Waals surface area (Å²) < 4.78 is 6.73. The number of hydrogen-bond acceptors (Lipinski definition) is 5. The van der Waals surface area contributed by atoms with Crippen LogP contribution in [0.3, 0.4) is 0 Å². The van der Waals surface area contributed by atoms with Crippen LogP contribution in [0.15, 0.2) is 48.5 Å². The van der Waals surface area contributed by atoms with E-state index in [9.17, 15) is 4.79 Å². The molecular weight excluding hydrogens is 382 g/mol. The van der Waals surface area contributed by atoms with E-state index in [1.165, 1.54) is 0 Å². The Morgan fingerprint density at radius 3 is 2.74 bits per heavy atom. The highest BCUT2D eigenvalue weighted by atomic mass is 35.5. The van der Waals surface area contributed by atoms with Crippen molar-refractivity contribution in [3.05, 3.63) is 58.6 Å². The van der Waals surface area contributed by atoms with Crippen molar-refractivity contribution in [2.24, 2.45) is 0 Å². The Bertz CT molecular complexity index is 865. The van der Waals surface area contributed by atoms with Crippen LogP contribution < -0.4 is 10.1 Å². The van der Waals surface area contributed by atoms with E-state index in [0.29, 0.717) is 24.7 Å². The molecule has 3 aromatic rings. The van der Waals surface area contributed by atoms with Crippen molar-refractivity contribution in [3.8, 4) is 5.75 Å². The van der Waals surface area contributed by atoms with E-state index in [0.717, 1.165) is 21.0 Å². The van der Waals surface area contributed by atoms with Crippen LogP contribution in [0.2, 0.25) is 5.02 Å². The molecule has 0 spiro atoms. The predicted molar refractivity (Wildman–Crippen MR) is 111 cm³/mol. The molecule has 7 heteroatoms. The number of hydrogen-bond donors (Lipinski definition) is 1. The lowest BCUT2D eigenvalue weighted by molar-refractivity contribution is -0.122. The third-order valence-electron chi connectivity index (χ3n) is 4.23. The molecule has 27 heavy (non-hydrogen) atoms. The zero-order chi connectivity index (χ0) is 19.2. The van der Waals surface area contributed by atoms with E-state index in [2.05, 4.69) is 23.3 Å². The van der Waals surface area contributed by atoms with Gasteiger partial charge in [-0.2, -0.15) is 0 Å². The number of fused-ring (bicyclic) bond motifs is 1. The van der Waals surface area contributed by atoms with Crippen molar-refractivity contribution >= 4 is 39.1 Å². The Balaban J connectivity index is 1.43. The minimum atomic E-state index is -0.0369.